The number of hydrazine groups is 1. The van der Waals surface area contributed by atoms with Gasteiger partial charge in [-0.25, -0.2) is 4.39 Å². The van der Waals surface area contributed by atoms with Crippen LogP contribution < -0.4 is 11.3 Å². The van der Waals surface area contributed by atoms with Crippen molar-refractivity contribution in [3.8, 4) is 0 Å². The van der Waals surface area contributed by atoms with Crippen LogP contribution in [0, 0.1) is 12.7 Å². The summed E-state index contributed by atoms with van der Waals surface area (Å²) in [4.78, 5) is 0. The third kappa shape index (κ3) is 3.88. The minimum Gasteiger partial charge on any atom is -0.271 e. The second kappa shape index (κ2) is 6.80. The normalized spacial score (nSPS) is 12.4. The van der Waals surface area contributed by atoms with Crippen LogP contribution in [0.15, 0.2) is 45.3 Å². The predicted octanol–water partition coefficient (Wildman–Crippen LogP) is 4.41. The van der Waals surface area contributed by atoms with Gasteiger partial charge in [0, 0.05) is 8.95 Å². The molecule has 0 saturated carbocycles. The first kappa shape index (κ1) is 15.6. The number of halogens is 3. The largest absolute Gasteiger partial charge is 0.271 e. The molecule has 0 bridgehead atoms. The summed E-state index contributed by atoms with van der Waals surface area (Å²) >= 11 is 6.93. The van der Waals surface area contributed by atoms with Crippen LogP contribution in [0.25, 0.3) is 0 Å². The summed E-state index contributed by atoms with van der Waals surface area (Å²) in [5.74, 6) is 5.44. The fraction of sp³-hybridized carbons (Fsp3) is 0.200. The lowest BCUT2D eigenvalue weighted by molar-refractivity contribution is 0.547. The standard InChI is InChI=1S/C15H15Br2FN2/c1-9-2-3-14(18)6-10(9)7-15(20-19)11-4-12(16)8-13(17)5-11/h2-6,8,15,20H,7,19H2,1H3. The lowest BCUT2D eigenvalue weighted by atomic mass is 9.96. The van der Waals surface area contributed by atoms with Gasteiger partial charge < -0.3 is 0 Å². The van der Waals surface area contributed by atoms with E-state index in [1.165, 1.54) is 6.07 Å². The molecule has 0 amide bonds. The van der Waals surface area contributed by atoms with Crippen LogP contribution in [0.3, 0.4) is 0 Å². The summed E-state index contributed by atoms with van der Waals surface area (Å²) in [5.41, 5.74) is 5.85. The third-order valence-electron chi connectivity index (χ3n) is 3.22. The Bertz CT molecular complexity index is 597. The van der Waals surface area contributed by atoms with Crippen molar-refractivity contribution in [2.24, 2.45) is 5.84 Å². The molecule has 2 rings (SSSR count). The molecule has 1 unspecified atom stereocenters. The first-order chi connectivity index (χ1) is 9.49. The highest BCUT2D eigenvalue weighted by Gasteiger charge is 2.14. The number of benzene rings is 2. The summed E-state index contributed by atoms with van der Waals surface area (Å²) < 4.78 is 15.3. The second-order valence-corrected chi connectivity index (χ2v) is 6.53. The van der Waals surface area contributed by atoms with Gasteiger partial charge in [0.2, 0.25) is 0 Å². The topological polar surface area (TPSA) is 38.0 Å². The maximum Gasteiger partial charge on any atom is 0.123 e. The number of rotatable bonds is 4. The van der Waals surface area contributed by atoms with Gasteiger partial charge in [-0.15, -0.1) is 0 Å². The number of hydrogen-bond donors (Lipinski definition) is 2. The molecule has 2 aromatic carbocycles. The van der Waals surface area contributed by atoms with Crippen molar-refractivity contribution in [1.29, 1.82) is 0 Å². The van der Waals surface area contributed by atoms with E-state index in [2.05, 4.69) is 37.3 Å². The van der Waals surface area contributed by atoms with E-state index >= 15 is 0 Å². The smallest absolute Gasteiger partial charge is 0.123 e. The predicted molar refractivity (Wildman–Crippen MR) is 86.7 cm³/mol. The fourth-order valence-corrected chi connectivity index (χ4v) is 3.46. The number of aryl methyl sites for hydroxylation is 1. The molecule has 2 nitrogen and oxygen atoms in total. The Morgan fingerprint density at radius 1 is 1.15 bits per heavy atom. The van der Waals surface area contributed by atoms with Gasteiger partial charge in [0.15, 0.2) is 0 Å². The van der Waals surface area contributed by atoms with Crippen molar-refractivity contribution in [2.75, 3.05) is 0 Å². The van der Waals surface area contributed by atoms with Crippen molar-refractivity contribution >= 4 is 31.9 Å². The van der Waals surface area contributed by atoms with Crippen LogP contribution in [-0.4, -0.2) is 0 Å². The van der Waals surface area contributed by atoms with Crippen LogP contribution in [0.5, 0.6) is 0 Å². The van der Waals surface area contributed by atoms with Gasteiger partial charge in [-0.3, -0.25) is 11.3 Å². The molecule has 0 aliphatic heterocycles. The second-order valence-electron chi connectivity index (χ2n) is 4.70. The van der Waals surface area contributed by atoms with E-state index < -0.39 is 0 Å². The summed E-state index contributed by atoms with van der Waals surface area (Å²) in [6.07, 6.45) is 0.628. The Morgan fingerprint density at radius 2 is 1.80 bits per heavy atom. The molecular formula is C15H15Br2FN2. The van der Waals surface area contributed by atoms with Gasteiger partial charge in [-0.2, -0.15) is 0 Å². The van der Waals surface area contributed by atoms with Gasteiger partial charge in [0.05, 0.1) is 6.04 Å². The average molecular weight is 402 g/mol. The first-order valence-electron chi connectivity index (χ1n) is 6.16. The Morgan fingerprint density at radius 3 is 2.40 bits per heavy atom. The van der Waals surface area contributed by atoms with E-state index in [1.54, 1.807) is 12.1 Å². The summed E-state index contributed by atoms with van der Waals surface area (Å²) in [6.45, 7) is 1.97. The van der Waals surface area contributed by atoms with Gasteiger partial charge in [0.25, 0.3) is 0 Å². The monoisotopic (exact) mass is 400 g/mol. The Kier molecular flexibility index (Phi) is 5.32. The molecule has 0 radical (unpaired) electrons. The number of hydrogen-bond acceptors (Lipinski definition) is 2. The summed E-state index contributed by atoms with van der Waals surface area (Å²) in [5, 5.41) is 0. The lowest BCUT2D eigenvalue weighted by Crippen LogP contribution is -2.29. The summed E-state index contributed by atoms with van der Waals surface area (Å²) in [7, 11) is 0. The molecule has 0 aromatic heterocycles. The molecule has 0 spiro atoms. The van der Waals surface area contributed by atoms with Crippen LogP contribution in [0.2, 0.25) is 0 Å². The van der Waals surface area contributed by atoms with E-state index in [4.69, 9.17) is 5.84 Å². The van der Waals surface area contributed by atoms with E-state index in [9.17, 15) is 4.39 Å². The lowest BCUT2D eigenvalue weighted by Gasteiger charge is -2.18. The highest BCUT2D eigenvalue weighted by Crippen LogP contribution is 2.27. The highest BCUT2D eigenvalue weighted by molar-refractivity contribution is 9.11. The fourth-order valence-electron chi connectivity index (χ4n) is 2.13. The molecular weight excluding hydrogens is 387 g/mol. The summed E-state index contributed by atoms with van der Waals surface area (Å²) in [6, 6.07) is 10.7. The average Bonchev–Trinajstić information content (AvgIpc) is 2.38. The van der Waals surface area contributed by atoms with Crippen LogP contribution in [-0.2, 0) is 6.42 Å². The zero-order valence-electron chi connectivity index (χ0n) is 11.0. The molecule has 106 valence electrons. The van der Waals surface area contributed by atoms with E-state index in [1.807, 2.05) is 25.1 Å². The molecule has 3 N–H and O–H groups in total. The molecule has 2 aromatic rings. The quantitative estimate of drug-likeness (QED) is 0.588. The Hall–Kier alpha value is -0.750. The number of nitrogens with one attached hydrogen (secondary N) is 1. The maximum absolute atomic E-state index is 13.4. The van der Waals surface area contributed by atoms with Crippen molar-refractivity contribution in [1.82, 2.24) is 5.43 Å². The molecule has 1 atom stereocenters. The van der Waals surface area contributed by atoms with E-state index in [-0.39, 0.29) is 11.9 Å². The zero-order valence-corrected chi connectivity index (χ0v) is 14.1. The molecule has 5 heteroatoms. The highest BCUT2D eigenvalue weighted by atomic mass is 79.9. The van der Waals surface area contributed by atoms with E-state index in [0.29, 0.717) is 6.42 Å². The molecule has 20 heavy (non-hydrogen) atoms. The molecule has 0 saturated heterocycles. The molecule has 0 aliphatic carbocycles. The van der Waals surface area contributed by atoms with Gasteiger partial charge >= 0.3 is 0 Å². The van der Waals surface area contributed by atoms with Crippen molar-refractivity contribution in [3.05, 3.63) is 67.9 Å². The van der Waals surface area contributed by atoms with Crippen molar-refractivity contribution in [2.45, 2.75) is 19.4 Å². The van der Waals surface area contributed by atoms with Crippen LogP contribution in [0.1, 0.15) is 22.7 Å². The Balaban J connectivity index is 2.30. The van der Waals surface area contributed by atoms with Crippen molar-refractivity contribution < 1.29 is 4.39 Å². The zero-order chi connectivity index (χ0) is 14.7. The van der Waals surface area contributed by atoms with Gasteiger partial charge in [-0.05, 0) is 60.4 Å². The van der Waals surface area contributed by atoms with Crippen LogP contribution >= 0.6 is 31.9 Å². The first-order valence-corrected chi connectivity index (χ1v) is 7.75. The van der Waals surface area contributed by atoms with E-state index in [0.717, 1.165) is 25.6 Å². The van der Waals surface area contributed by atoms with Crippen LogP contribution in [0.4, 0.5) is 4.39 Å². The maximum atomic E-state index is 13.4. The minimum atomic E-state index is -0.225. The third-order valence-corrected chi connectivity index (χ3v) is 4.14. The molecule has 0 heterocycles. The molecule has 0 aliphatic rings. The van der Waals surface area contributed by atoms with Gasteiger partial charge in [0.1, 0.15) is 5.82 Å². The Labute approximate surface area is 134 Å². The minimum absolute atomic E-state index is 0.0794. The van der Waals surface area contributed by atoms with Crippen molar-refractivity contribution in [3.63, 3.8) is 0 Å². The van der Waals surface area contributed by atoms with Gasteiger partial charge in [-0.1, -0.05) is 37.9 Å². The number of nitrogens with two attached hydrogens (primary N) is 1. The molecule has 0 fully saturated rings. The SMILES string of the molecule is Cc1ccc(F)cc1CC(NN)c1cc(Br)cc(Br)c1.